The van der Waals surface area contributed by atoms with Gasteiger partial charge in [0.05, 0.1) is 0 Å². The molecule has 4 N–H and O–H groups in total. The molecule has 7 nitrogen and oxygen atoms in total. The van der Waals surface area contributed by atoms with Crippen LogP contribution in [0.2, 0.25) is 0 Å². The second-order valence-corrected chi connectivity index (χ2v) is 7.61. The van der Waals surface area contributed by atoms with Gasteiger partial charge in [-0.3, -0.25) is 14.7 Å². The van der Waals surface area contributed by atoms with E-state index in [1.165, 1.54) is 11.1 Å². The van der Waals surface area contributed by atoms with E-state index in [2.05, 4.69) is 58.8 Å². The Bertz CT molecular complexity index is 815. The highest BCUT2D eigenvalue weighted by molar-refractivity contribution is 14.0. The molecule has 0 saturated carbocycles. The van der Waals surface area contributed by atoms with Crippen LogP contribution in [-0.2, 0) is 17.8 Å². The van der Waals surface area contributed by atoms with Crippen LogP contribution in [0, 0.1) is 0 Å². The molecule has 1 amide bonds. The van der Waals surface area contributed by atoms with Gasteiger partial charge in [-0.1, -0.05) is 42.5 Å². The summed E-state index contributed by atoms with van der Waals surface area (Å²) in [6, 6.07) is 18.7. The number of benzene rings is 2. The number of amides is 1. The van der Waals surface area contributed by atoms with Gasteiger partial charge in [-0.15, -0.1) is 24.0 Å². The highest BCUT2D eigenvalue weighted by Gasteiger charge is 2.09. The van der Waals surface area contributed by atoms with Crippen molar-refractivity contribution in [3.05, 3.63) is 65.7 Å². The molecule has 0 aliphatic carbocycles. The number of nitrogens with one attached hydrogen (secondary N) is 2. The topological polar surface area (TPSA) is 92.0 Å². The number of primary amides is 1. The fraction of sp³-hybridized carbons (Fsp3) is 0.417. The van der Waals surface area contributed by atoms with Gasteiger partial charge in [-0.25, -0.2) is 0 Å². The number of hydrogen-bond donors (Lipinski definition) is 3. The summed E-state index contributed by atoms with van der Waals surface area (Å²) in [6.07, 6.45) is 1.88. The molecule has 0 heterocycles. The van der Waals surface area contributed by atoms with Crippen molar-refractivity contribution in [3.63, 3.8) is 0 Å². The molecule has 8 heteroatoms. The molecule has 0 aromatic heterocycles. The van der Waals surface area contributed by atoms with Crippen molar-refractivity contribution in [2.75, 3.05) is 33.8 Å². The van der Waals surface area contributed by atoms with E-state index in [0.29, 0.717) is 11.8 Å². The molecule has 0 fully saturated rings. The predicted molar refractivity (Wildman–Crippen MR) is 142 cm³/mol. The van der Waals surface area contributed by atoms with Gasteiger partial charge < -0.3 is 21.1 Å². The third-order valence-corrected chi connectivity index (χ3v) is 5.12. The lowest BCUT2D eigenvalue weighted by atomic mass is 10.1. The first-order chi connectivity index (χ1) is 15.0. The van der Waals surface area contributed by atoms with Crippen LogP contribution in [0.5, 0.6) is 5.75 Å². The van der Waals surface area contributed by atoms with E-state index in [4.69, 9.17) is 10.5 Å². The first-order valence-electron chi connectivity index (χ1n) is 10.7. The molecule has 0 aliphatic rings. The van der Waals surface area contributed by atoms with Crippen LogP contribution in [0.1, 0.15) is 24.5 Å². The van der Waals surface area contributed by atoms with E-state index in [9.17, 15) is 4.79 Å². The summed E-state index contributed by atoms with van der Waals surface area (Å²) in [6.45, 7) is 4.71. The minimum atomic E-state index is -0.482. The lowest BCUT2D eigenvalue weighted by Gasteiger charge is -2.25. The molecule has 0 aliphatic heterocycles. The van der Waals surface area contributed by atoms with E-state index >= 15 is 0 Å². The van der Waals surface area contributed by atoms with Crippen molar-refractivity contribution in [2.45, 2.75) is 32.4 Å². The number of nitrogens with two attached hydrogens (primary N) is 1. The number of aliphatic imine (C=N–C) groups is 1. The second kappa shape index (κ2) is 15.5. The number of rotatable bonds is 12. The molecule has 176 valence electrons. The molecule has 0 radical (unpaired) electrons. The lowest BCUT2D eigenvalue weighted by molar-refractivity contribution is -0.119. The third-order valence-electron chi connectivity index (χ3n) is 5.12. The smallest absolute Gasteiger partial charge is 0.255 e. The SMILES string of the molecule is CN=C(NCCc1ccc(OCC(N)=O)cc1)NCCC(C)N(C)Cc1ccccc1.I. The average Bonchev–Trinajstić information content (AvgIpc) is 2.78. The van der Waals surface area contributed by atoms with Crippen LogP contribution in [0.3, 0.4) is 0 Å². The number of guanidine groups is 1. The fourth-order valence-electron chi connectivity index (χ4n) is 3.10. The first kappa shape index (κ1) is 27.7. The number of carbonyl (C=O) groups is 1. The maximum Gasteiger partial charge on any atom is 0.255 e. The number of nitrogens with zero attached hydrogens (tertiary/aromatic N) is 2. The highest BCUT2D eigenvalue weighted by atomic mass is 127. The number of carbonyl (C=O) groups excluding carboxylic acids is 1. The van der Waals surface area contributed by atoms with Gasteiger partial charge >= 0.3 is 0 Å². The second-order valence-electron chi connectivity index (χ2n) is 7.61. The van der Waals surface area contributed by atoms with Crippen molar-refractivity contribution in [2.24, 2.45) is 10.7 Å². The zero-order valence-corrected chi connectivity index (χ0v) is 21.5. The monoisotopic (exact) mass is 553 g/mol. The molecular formula is C24H36IN5O2. The molecule has 2 aromatic rings. The van der Waals surface area contributed by atoms with Gasteiger partial charge in [-0.2, -0.15) is 0 Å². The number of ether oxygens (including phenoxy) is 1. The Kier molecular flexibility index (Phi) is 13.4. The highest BCUT2D eigenvalue weighted by Crippen LogP contribution is 2.12. The Morgan fingerprint density at radius 1 is 1.06 bits per heavy atom. The van der Waals surface area contributed by atoms with E-state index in [1.807, 2.05) is 30.3 Å². The van der Waals surface area contributed by atoms with E-state index in [1.54, 1.807) is 7.05 Å². The average molecular weight is 553 g/mol. The summed E-state index contributed by atoms with van der Waals surface area (Å²) in [5, 5.41) is 6.74. The van der Waals surface area contributed by atoms with E-state index in [0.717, 1.165) is 38.4 Å². The van der Waals surface area contributed by atoms with Crippen LogP contribution in [-0.4, -0.2) is 56.6 Å². The lowest BCUT2D eigenvalue weighted by Crippen LogP contribution is -2.40. The van der Waals surface area contributed by atoms with Crippen molar-refractivity contribution in [1.82, 2.24) is 15.5 Å². The molecule has 0 spiro atoms. The molecule has 0 bridgehead atoms. The molecule has 1 unspecified atom stereocenters. The first-order valence-corrected chi connectivity index (χ1v) is 10.7. The summed E-state index contributed by atoms with van der Waals surface area (Å²) in [5.41, 5.74) is 7.58. The van der Waals surface area contributed by atoms with E-state index < -0.39 is 5.91 Å². The molecule has 2 aromatic carbocycles. The Balaban J connectivity index is 0.00000512. The molecule has 2 rings (SSSR count). The van der Waals surface area contributed by atoms with Crippen LogP contribution >= 0.6 is 24.0 Å². The fourth-order valence-corrected chi connectivity index (χ4v) is 3.10. The molecule has 32 heavy (non-hydrogen) atoms. The van der Waals surface area contributed by atoms with Crippen LogP contribution in [0.4, 0.5) is 0 Å². The quantitative estimate of drug-likeness (QED) is 0.214. The summed E-state index contributed by atoms with van der Waals surface area (Å²) >= 11 is 0. The Morgan fingerprint density at radius 3 is 2.34 bits per heavy atom. The summed E-state index contributed by atoms with van der Waals surface area (Å²) in [5.74, 6) is 0.961. The maximum atomic E-state index is 10.8. The van der Waals surface area contributed by atoms with Crippen molar-refractivity contribution >= 4 is 35.8 Å². The number of hydrogen-bond acceptors (Lipinski definition) is 4. The Labute approximate surface area is 208 Å². The van der Waals surface area contributed by atoms with Crippen LogP contribution < -0.4 is 21.1 Å². The van der Waals surface area contributed by atoms with Crippen molar-refractivity contribution < 1.29 is 9.53 Å². The van der Waals surface area contributed by atoms with Gasteiger partial charge in [0.1, 0.15) is 5.75 Å². The van der Waals surface area contributed by atoms with Gasteiger partial charge in [-0.05, 0) is 50.1 Å². The Hall–Kier alpha value is -2.33. The molecular weight excluding hydrogens is 517 g/mol. The predicted octanol–water partition coefficient (Wildman–Crippen LogP) is 2.79. The summed E-state index contributed by atoms with van der Waals surface area (Å²) < 4.78 is 5.27. The van der Waals surface area contributed by atoms with Gasteiger partial charge in [0.15, 0.2) is 12.6 Å². The Morgan fingerprint density at radius 2 is 1.72 bits per heavy atom. The largest absolute Gasteiger partial charge is 0.484 e. The minimum absolute atomic E-state index is 0. The van der Waals surface area contributed by atoms with Crippen molar-refractivity contribution in [3.8, 4) is 5.75 Å². The van der Waals surface area contributed by atoms with E-state index in [-0.39, 0.29) is 30.6 Å². The van der Waals surface area contributed by atoms with Crippen LogP contribution in [0.25, 0.3) is 0 Å². The third kappa shape index (κ3) is 10.8. The number of halogens is 1. The van der Waals surface area contributed by atoms with Gasteiger partial charge in [0.25, 0.3) is 5.91 Å². The standard InChI is InChI=1S/C24H35N5O2.HI/c1-19(29(3)17-21-7-5-4-6-8-21)13-15-27-24(26-2)28-16-14-20-9-11-22(12-10-20)31-18-23(25)30;/h4-12,19H,13-18H2,1-3H3,(H2,25,30)(H2,26,27,28);1H. The normalized spacial score (nSPS) is 12.1. The van der Waals surface area contributed by atoms with Crippen molar-refractivity contribution in [1.29, 1.82) is 0 Å². The zero-order chi connectivity index (χ0) is 22.5. The molecule has 0 saturated heterocycles. The summed E-state index contributed by atoms with van der Waals surface area (Å²) in [4.78, 5) is 17.4. The zero-order valence-electron chi connectivity index (χ0n) is 19.2. The maximum absolute atomic E-state index is 10.8. The van der Waals surface area contributed by atoms with Gasteiger partial charge in [0, 0.05) is 32.7 Å². The molecule has 1 atom stereocenters. The summed E-state index contributed by atoms with van der Waals surface area (Å²) in [7, 11) is 3.94. The van der Waals surface area contributed by atoms with Crippen LogP contribution in [0.15, 0.2) is 59.6 Å². The van der Waals surface area contributed by atoms with Gasteiger partial charge in [0.2, 0.25) is 0 Å². The minimum Gasteiger partial charge on any atom is -0.484 e.